The molecule has 0 saturated carbocycles. The fourth-order valence-electron chi connectivity index (χ4n) is 5.37. The van der Waals surface area contributed by atoms with E-state index < -0.39 is 24.1 Å². The Bertz CT molecular complexity index is 1080. The van der Waals surface area contributed by atoms with Crippen LogP contribution < -0.4 is 5.32 Å². The van der Waals surface area contributed by atoms with Gasteiger partial charge in [0.05, 0.1) is 5.92 Å². The van der Waals surface area contributed by atoms with Crippen LogP contribution in [0.15, 0.2) is 48.5 Å². The van der Waals surface area contributed by atoms with Crippen molar-refractivity contribution in [3.8, 4) is 11.1 Å². The standard InChI is InChI=1S/C27H30N2O6/c1-16(26(31)32)18-13-29(14-18)25(30)24-17(10-11-34-24)12-28-27(33)35-15-23-21-8-4-2-6-19(21)20-7-3-5-9-22(20)23/h2-9,16-18,23-24H,10-15H2,1H3,(H,28,33)(H,31,32)/t16?,17-,24-/m0/s1. The van der Waals surface area contributed by atoms with Gasteiger partial charge in [-0.25, -0.2) is 4.79 Å². The van der Waals surface area contributed by atoms with Crippen LogP contribution in [0.5, 0.6) is 0 Å². The molecule has 2 heterocycles. The molecule has 5 rings (SSSR count). The topological polar surface area (TPSA) is 105 Å². The summed E-state index contributed by atoms with van der Waals surface area (Å²) in [5.74, 6) is -1.63. The van der Waals surface area contributed by atoms with Gasteiger partial charge in [0.2, 0.25) is 0 Å². The van der Waals surface area contributed by atoms with E-state index in [1.54, 1.807) is 11.8 Å². The zero-order valence-electron chi connectivity index (χ0n) is 19.7. The number of hydrogen-bond acceptors (Lipinski definition) is 5. The van der Waals surface area contributed by atoms with Gasteiger partial charge in [0, 0.05) is 44.0 Å². The number of aliphatic carboxylic acids is 1. The first-order valence-corrected chi connectivity index (χ1v) is 12.2. The van der Waals surface area contributed by atoms with E-state index in [-0.39, 0.29) is 36.8 Å². The highest BCUT2D eigenvalue weighted by molar-refractivity contribution is 5.83. The number of carbonyl (C=O) groups is 3. The van der Waals surface area contributed by atoms with Gasteiger partial charge in [0.1, 0.15) is 12.7 Å². The van der Waals surface area contributed by atoms with E-state index in [4.69, 9.17) is 14.6 Å². The molecule has 8 nitrogen and oxygen atoms in total. The number of amides is 2. The molecule has 3 atom stereocenters. The van der Waals surface area contributed by atoms with Gasteiger partial charge in [-0.05, 0) is 28.7 Å². The van der Waals surface area contributed by atoms with Crippen molar-refractivity contribution in [1.29, 1.82) is 0 Å². The molecule has 1 unspecified atom stereocenters. The number of rotatable bonds is 7. The third kappa shape index (κ3) is 4.50. The molecule has 2 aromatic carbocycles. The smallest absolute Gasteiger partial charge is 0.407 e. The summed E-state index contributed by atoms with van der Waals surface area (Å²) in [6.07, 6.45) is -0.461. The molecule has 2 aliphatic heterocycles. The van der Waals surface area contributed by atoms with Gasteiger partial charge in [-0.2, -0.15) is 0 Å². The van der Waals surface area contributed by atoms with Crippen molar-refractivity contribution < 1.29 is 29.0 Å². The molecule has 2 saturated heterocycles. The lowest BCUT2D eigenvalue weighted by Crippen LogP contribution is -2.57. The van der Waals surface area contributed by atoms with Gasteiger partial charge in [-0.15, -0.1) is 0 Å². The Balaban J connectivity index is 1.12. The van der Waals surface area contributed by atoms with E-state index in [9.17, 15) is 14.4 Å². The third-order valence-corrected chi connectivity index (χ3v) is 7.63. The molecule has 2 aromatic rings. The van der Waals surface area contributed by atoms with E-state index in [0.29, 0.717) is 26.1 Å². The molecule has 184 valence electrons. The number of carboxylic acids is 1. The summed E-state index contributed by atoms with van der Waals surface area (Å²) < 4.78 is 11.3. The average Bonchev–Trinajstić information content (AvgIpc) is 3.43. The van der Waals surface area contributed by atoms with E-state index in [2.05, 4.69) is 29.6 Å². The van der Waals surface area contributed by atoms with Crippen LogP contribution in [0.3, 0.4) is 0 Å². The van der Waals surface area contributed by atoms with Gasteiger partial charge in [-0.1, -0.05) is 55.5 Å². The van der Waals surface area contributed by atoms with Crippen LogP contribution in [0.4, 0.5) is 4.79 Å². The number of alkyl carbamates (subject to hydrolysis) is 1. The number of carboxylic acid groups (broad SMARTS) is 1. The predicted molar refractivity (Wildman–Crippen MR) is 128 cm³/mol. The fourth-order valence-corrected chi connectivity index (χ4v) is 5.37. The molecule has 0 bridgehead atoms. The first kappa shape index (κ1) is 23.4. The summed E-state index contributed by atoms with van der Waals surface area (Å²) in [4.78, 5) is 38.2. The van der Waals surface area contributed by atoms with Crippen LogP contribution in [0, 0.1) is 17.8 Å². The number of hydrogen-bond donors (Lipinski definition) is 2. The number of carbonyl (C=O) groups excluding carboxylic acids is 2. The number of ether oxygens (including phenoxy) is 2. The molecule has 1 aliphatic carbocycles. The monoisotopic (exact) mass is 478 g/mol. The molecular weight excluding hydrogens is 448 g/mol. The van der Waals surface area contributed by atoms with Crippen molar-refractivity contribution >= 4 is 18.0 Å². The summed E-state index contributed by atoms with van der Waals surface area (Å²) in [6, 6.07) is 16.4. The van der Waals surface area contributed by atoms with E-state index in [0.717, 1.165) is 11.1 Å². The first-order chi connectivity index (χ1) is 16.9. The molecule has 0 spiro atoms. The largest absolute Gasteiger partial charge is 0.481 e. The third-order valence-electron chi connectivity index (χ3n) is 7.63. The van der Waals surface area contributed by atoms with Gasteiger partial charge in [-0.3, -0.25) is 9.59 Å². The second kappa shape index (κ2) is 9.70. The molecule has 3 aliphatic rings. The molecular formula is C27H30N2O6. The van der Waals surface area contributed by atoms with Crippen molar-refractivity contribution in [3.05, 3.63) is 59.7 Å². The maximum Gasteiger partial charge on any atom is 0.407 e. The number of fused-ring (bicyclic) bond motifs is 3. The Morgan fingerprint density at radius 2 is 1.71 bits per heavy atom. The second-order valence-corrected chi connectivity index (χ2v) is 9.68. The minimum atomic E-state index is -0.843. The predicted octanol–water partition coefficient (Wildman–Crippen LogP) is 3.11. The van der Waals surface area contributed by atoms with Crippen LogP contribution in [0.1, 0.15) is 30.4 Å². The Morgan fingerprint density at radius 1 is 1.09 bits per heavy atom. The molecule has 2 amide bonds. The van der Waals surface area contributed by atoms with Crippen molar-refractivity contribution in [2.24, 2.45) is 17.8 Å². The molecule has 0 radical (unpaired) electrons. The van der Waals surface area contributed by atoms with Gasteiger partial charge >= 0.3 is 12.1 Å². The lowest BCUT2D eigenvalue weighted by Gasteiger charge is -2.42. The van der Waals surface area contributed by atoms with Crippen LogP contribution >= 0.6 is 0 Å². The van der Waals surface area contributed by atoms with Crippen LogP contribution in [-0.4, -0.2) is 66.9 Å². The lowest BCUT2D eigenvalue weighted by atomic mass is 9.86. The highest BCUT2D eigenvalue weighted by Crippen LogP contribution is 2.44. The minimum Gasteiger partial charge on any atom is -0.481 e. The second-order valence-electron chi connectivity index (χ2n) is 9.68. The summed E-state index contributed by atoms with van der Waals surface area (Å²) in [6.45, 7) is 3.51. The summed E-state index contributed by atoms with van der Waals surface area (Å²) in [7, 11) is 0. The summed E-state index contributed by atoms with van der Waals surface area (Å²) in [5, 5.41) is 12.0. The maximum atomic E-state index is 12.9. The minimum absolute atomic E-state index is 0.00940. The molecule has 2 fully saturated rings. The Morgan fingerprint density at radius 3 is 2.34 bits per heavy atom. The zero-order valence-corrected chi connectivity index (χ0v) is 19.7. The quantitative estimate of drug-likeness (QED) is 0.634. The number of likely N-dealkylation sites (tertiary alicyclic amines) is 1. The van der Waals surface area contributed by atoms with Crippen molar-refractivity contribution in [2.45, 2.75) is 25.4 Å². The molecule has 35 heavy (non-hydrogen) atoms. The summed E-state index contributed by atoms with van der Waals surface area (Å²) in [5.41, 5.74) is 4.66. The molecule has 8 heteroatoms. The first-order valence-electron chi connectivity index (χ1n) is 12.2. The Hall–Kier alpha value is -3.39. The normalized spacial score (nSPS) is 22.1. The van der Waals surface area contributed by atoms with Gasteiger partial charge in [0.25, 0.3) is 5.91 Å². The van der Waals surface area contributed by atoms with E-state index in [1.165, 1.54) is 11.1 Å². The average molecular weight is 479 g/mol. The number of nitrogens with zero attached hydrogens (tertiary/aromatic N) is 1. The zero-order chi connectivity index (χ0) is 24.5. The summed E-state index contributed by atoms with van der Waals surface area (Å²) >= 11 is 0. The molecule has 2 N–H and O–H groups in total. The van der Waals surface area contributed by atoms with Gasteiger partial charge < -0.3 is 24.8 Å². The lowest BCUT2D eigenvalue weighted by molar-refractivity contribution is -0.156. The van der Waals surface area contributed by atoms with Crippen molar-refractivity contribution in [1.82, 2.24) is 10.2 Å². The van der Waals surface area contributed by atoms with Crippen molar-refractivity contribution in [2.75, 3.05) is 32.8 Å². The fraction of sp³-hybridized carbons (Fsp3) is 0.444. The highest BCUT2D eigenvalue weighted by Gasteiger charge is 2.43. The van der Waals surface area contributed by atoms with Gasteiger partial charge in [0.15, 0.2) is 0 Å². The van der Waals surface area contributed by atoms with Crippen LogP contribution in [0.2, 0.25) is 0 Å². The van der Waals surface area contributed by atoms with Crippen LogP contribution in [-0.2, 0) is 19.1 Å². The number of benzene rings is 2. The SMILES string of the molecule is CC(C(=O)O)C1CN(C(=O)[C@H]2OCC[C@H]2CNC(=O)OCC2c3ccccc3-c3ccccc32)C1. The maximum absolute atomic E-state index is 12.9. The van der Waals surface area contributed by atoms with Crippen molar-refractivity contribution in [3.63, 3.8) is 0 Å². The van der Waals surface area contributed by atoms with Crippen LogP contribution in [0.25, 0.3) is 11.1 Å². The molecule has 0 aromatic heterocycles. The van der Waals surface area contributed by atoms with E-state index >= 15 is 0 Å². The Kier molecular flexibility index (Phi) is 6.47. The highest BCUT2D eigenvalue weighted by atomic mass is 16.5. The Labute approximate surface area is 204 Å². The number of nitrogens with one attached hydrogen (secondary N) is 1. The van der Waals surface area contributed by atoms with E-state index in [1.807, 2.05) is 24.3 Å².